The second kappa shape index (κ2) is 5.88. The molecule has 0 aromatic heterocycles. The molecule has 8 heteroatoms. The average molecular weight is 321 g/mol. The van der Waals surface area contributed by atoms with Crippen molar-refractivity contribution in [3.05, 3.63) is 65.0 Å². The van der Waals surface area contributed by atoms with Crippen molar-refractivity contribution in [2.75, 3.05) is 0 Å². The number of hydrogen-bond donors (Lipinski definition) is 1. The molecule has 0 heterocycles. The summed E-state index contributed by atoms with van der Waals surface area (Å²) in [7, 11) is 0. The summed E-state index contributed by atoms with van der Waals surface area (Å²) in [5.74, 6) is -4.22. The van der Waals surface area contributed by atoms with Crippen molar-refractivity contribution in [3.8, 4) is 5.75 Å². The highest BCUT2D eigenvalue weighted by Crippen LogP contribution is 2.28. The van der Waals surface area contributed by atoms with E-state index in [1.54, 1.807) is 0 Å². The van der Waals surface area contributed by atoms with E-state index in [2.05, 4.69) is 4.74 Å². The maximum absolute atomic E-state index is 13.6. The lowest BCUT2D eigenvalue weighted by Crippen LogP contribution is -2.18. The first kappa shape index (κ1) is 16.2. The zero-order chi connectivity index (χ0) is 16.5. The zero-order valence-electron chi connectivity index (χ0n) is 10.8. The molecule has 2 nitrogen and oxygen atoms in total. The second-order valence-corrected chi connectivity index (χ2v) is 4.39. The Labute approximate surface area is 121 Å². The van der Waals surface area contributed by atoms with Crippen LogP contribution in [0.3, 0.4) is 0 Å². The Bertz CT molecular complexity index is 668. The highest BCUT2D eigenvalue weighted by atomic mass is 19.4. The fourth-order valence-electron chi connectivity index (χ4n) is 1.86. The van der Waals surface area contributed by atoms with E-state index in [4.69, 9.17) is 5.73 Å². The van der Waals surface area contributed by atoms with E-state index in [0.29, 0.717) is 6.07 Å². The zero-order valence-corrected chi connectivity index (χ0v) is 10.8. The molecule has 22 heavy (non-hydrogen) atoms. The normalized spacial score (nSPS) is 13.0. The molecule has 0 amide bonds. The molecule has 118 valence electrons. The quantitative estimate of drug-likeness (QED) is 0.684. The molecule has 0 aliphatic heterocycles. The van der Waals surface area contributed by atoms with E-state index in [0.717, 1.165) is 30.3 Å². The van der Waals surface area contributed by atoms with Gasteiger partial charge in [0.2, 0.25) is 0 Å². The standard InChI is InChI=1S/C14H9F6NO/c15-8-5-10(12(17)11(16)6-8)13(21)7-1-3-9(4-2-7)22-14(18,19)20/h1-6,13H,21H2/t13-/m0/s1. The lowest BCUT2D eigenvalue weighted by molar-refractivity contribution is -0.274. The number of hydrogen-bond acceptors (Lipinski definition) is 2. The SMILES string of the molecule is N[C@@H](c1ccc(OC(F)(F)F)cc1)c1cc(F)cc(F)c1F. The van der Waals surface area contributed by atoms with Crippen molar-refractivity contribution in [3.63, 3.8) is 0 Å². The van der Waals surface area contributed by atoms with Crippen LogP contribution in [0.5, 0.6) is 5.75 Å². The Balaban J connectivity index is 2.29. The molecular formula is C14H9F6NO. The number of rotatable bonds is 3. The van der Waals surface area contributed by atoms with Crippen LogP contribution in [0.4, 0.5) is 26.3 Å². The first-order valence-electron chi connectivity index (χ1n) is 5.93. The molecule has 0 saturated heterocycles. The van der Waals surface area contributed by atoms with Gasteiger partial charge in [-0.15, -0.1) is 13.2 Å². The van der Waals surface area contributed by atoms with Gasteiger partial charge in [-0.2, -0.15) is 0 Å². The van der Waals surface area contributed by atoms with Crippen molar-refractivity contribution in [1.29, 1.82) is 0 Å². The molecule has 0 fully saturated rings. The average Bonchev–Trinajstić information content (AvgIpc) is 2.41. The first-order chi connectivity index (χ1) is 10.2. The van der Waals surface area contributed by atoms with E-state index in [9.17, 15) is 26.3 Å². The molecule has 0 aliphatic rings. The number of nitrogens with two attached hydrogens (primary N) is 1. The van der Waals surface area contributed by atoms with Crippen LogP contribution in [-0.2, 0) is 0 Å². The van der Waals surface area contributed by atoms with Crippen molar-refractivity contribution in [2.45, 2.75) is 12.4 Å². The molecule has 0 bridgehead atoms. The molecule has 2 rings (SSSR count). The largest absolute Gasteiger partial charge is 0.573 e. The Morgan fingerprint density at radius 2 is 1.55 bits per heavy atom. The first-order valence-corrected chi connectivity index (χ1v) is 5.93. The van der Waals surface area contributed by atoms with Crippen molar-refractivity contribution < 1.29 is 31.1 Å². The third-order valence-electron chi connectivity index (χ3n) is 2.83. The summed E-state index contributed by atoms with van der Waals surface area (Å²) in [5.41, 5.74) is 5.42. The van der Waals surface area contributed by atoms with Gasteiger partial charge >= 0.3 is 6.36 Å². The Kier molecular flexibility index (Phi) is 4.32. The maximum atomic E-state index is 13.6. The molecule has 0 spiro atoms. The van der Waals surface area contributed by atoms with Gasteiger partial charge in [0.1, 0.15) is 11.6 Å². The van der Waals surface area contributed by atoms with Gasteiger partial charge in [-0.1, -0.05) is 12.1 Å². The fourth-order valence-corrected chi connectivity index (χ4v) is 1.86. The molecular weight excluding hydrogens is 312 g/mol. The van der Waals surface area contributed by atoms with Gasteiger partial charge in [0.05, 0.1) is 6.04 Å². The fraction of sp³-hybridized carbons (Fsp3) is 0.143. The molecule has 1 atom stereocenters. The van der Waals surface area contributed by atoms with Gasteiger partial charge in [-0.3, -0.25) is 0 Å². The van der Waals surface area contributed by atoms with Crippen LogP contribution in [0.15, 0.2) is 36.4 Å². The summed E-state index contributed by atoms with van der Waals surface area (Å²) in [6, 6.07) is 4.08. The van der Waals surface area contributed by atoms with E-state index in [1.165, 1.54) is 0 Å². The Morgan fingerprint density at radius 3 is 2.09 bits per heavy atom. The minimum Gasteiger partial charge on any atom is -0.406 e. The summed E-state index contributed by atoms with van der Waals surface area (Å²) in [5, 5.41) is 0. The summed E-state index contributed by atoms with van der Waals surface area (Å²) in [6.45, 7) is 0. The van der Waals surface area contributed by atoms with Crippen molar-refractivity contribution >= 4 is 0 Å². The summed E-state index contributed by atoms with van der Waals surface area (Å²) < 4.78 is 79.7. The topological polar surface area (TPSA) is 35.2 Å². The van der Waals surface area contributed by atoms with Gasteiger partial charge in [-0.05, 0) is 23.8 Å². The maximum Gasteiger partial charge on any atom is 0.573 e. The predicted octanol–water partition coefficient (Wildman–Crippen LogP) is 4.05. The van der Waals surface area contributed by atoms with Gasteiger partial charge < -0.3 is 10.5 Å². The predicted molar refractivity (Wildman–Crippen MR) is 65.5 cm³/mol. The van der Waals surface area contributed by atoms with Crippen LogP contribution >= 0.6 is 0 Å². The van der Waals surface area contributed by atoms with E-state index >= 15 is 0 Å². The Hall–Kier alpha value is -2.22. The monoisotopic (exact) mass is 321 g/mol. The minimum absolute atomic E-state index is 0.165. The van der Waals surface area contributed by atoms with E-state index in [1.807, 2.05) is 0 Å². The van der Waals surface area contributed by atoms with Gasteiger partial charge in [0.15, 0.2) is 11.6 Å². The third-order valence-corrected chi connectivity index (χ3v) is 2.83. The second-order valence-electron chi connectivity index (χ2n) is 4.39. The molecule has 0 unspecified atom stereocenters. The molecule has 0 saturated carbocycles. The third kappa shape index (κ3) is 3.70. The number of halogens is 6. The molecule has 2 N–H and O–H groups in total. The summed E-state index contributed by atoms with van der Waals surface area (Å²) in [6.07, 6.45) is -4.85. The molecule has 2 aromatic rings. The number of alkyl halides is 3. The van der Waals surface area contributed by atoms with Gasteiger partial charge in [-0.25, -0.2) is 13.2 Å². The van der Waals surface area contributed by atoms with Crippen LogP contribution in [0.2, 0.25) is 0 Å². The van der Waals surface area contributed by atoms with Crippen LogP contribution < -0.4 is 10.5 Å². The number of ether oxygens (including phenoxy) is 1. The van der Waals surface area contributed by atoms with Crippen molar-refractivity contribution in [1.82, 2.24) is 0 Å². The Morgan fingerprint density at radius 1 is 0.955 bits per heavy atom. The molecule has 0 aliphatic carbocycles. The van der Waals surface area contributed by atoms with E-state index < -0.39 is 41.2 Å². The number of benzene rings is 2. The lowest BCUT2D eigenvalue weighted by Gasteiger charge is -2.15. The summed E-state index contributed by atoms with van der Waals surface area (Å²) >= 11 is 0. The van der Waals surface area contributed by atoms with Gasteiger partial charge in [0, 0.05) is 11.6 Å². The van der Waals surface area contributed by atoms with E-state index in [-0.39, 0.29) is 5.56 Å². The van der Waals surface area contributed by atoms with Crippen LogP contribution in [-0.4, -0.2) is 6.36 Å². The van der Waals surface area contributed by atoms with Crippen LogP contribution in [0.25, 0.3) is 0 Å². The highest BCUT2D eigenvalue weighted by molar-refractivity contribution is 5.36. The van der Waals surface area contributed by atoms with Crippen LogP contribution in [0.1, 0.15) is 17.2 Å². The minimum atomic E-state index is -4.85. The highest BCUT2D eigenvalue weighted by Gasteiger charge is 2.31. The van der Waals surface area contributed by atoms with Crippen LogP contribution in [0, 0.1) is 17.5 Å². The molecule has 0 radical (unpaired) electrons. The van der Waals surface area contributed by atoms with Crippen molar-refractivity contribution in [2.24, 2.45) is 5.73 Å². The smallest absolute Gasteiger partial charge is 0.406 e. The summed E-state index contributed by atoms with van der Waals surface area (Å²) in [4.78, 5) is 0. The van der Waals surface area contributed by atoms with Gasteiger partial charge in [0.25, 0.3) is 0 Å². The lowest BCUT2D eigenvalue weighted by atomic mass is 9.98. The molecule has 2 aromatic carbocycles.